The Balaban J connectivity index is 1.82. The van der Waals surface area contributed by atoms with Crippen molar-refractivity contribution < 1.29 is 22.5 Å². The molecule has 2 heterocycles. The summed E-state index contributed by atoms with van der Waals surface area (Å²) in [4.78, 5) is 26.8. The summed E-state index contributed by atoms with van der Waals surface area (Å²) in [5.41, 5.74) is 0.737. The van der Waals surface area contributed by atoms with Gasteiger partial charge < -0.3 is 4.52 Å². The van der Waals surface area contributed by atoms with Gasteiger partial charge in [0.25, 0.3) is 10.0 Å². The van der Waals surface area contributed by atoms with E-state index in [4.69, 9.17) is 16.1 Å². The number of pyridine rings is 1. The zero-order valence-electron chi connectivity index (χ0n) is 13.8. The Bertz CT molecular complexity index is 1130. The van der Waals surface area contributed by atoms with Gasteiger partial charge in [-0.2, -0.15) is 8.42 Å². The number of hydrogen-bond acceptors (Lipinski definition) is 8. The minimum atomic E-state index is -4.03. The topological polar surface area (TPSA) is 119 Å². The van der Waals surface area contributed by atoms with Crippen LogP contribution in [0.4, 0.5) is 5.69 Å². The van der Waals surface area contributed by atoms with E-state index >= 15 is 0 Å². The lowest BCUT2D eigenvalue weighted by molar-refractivity contribution is -0.109. The Hall–Kier alpha value is -2.43. The molecule has 1 N–H and O–H groups in total. The predicted molar refractivity (Wildman–Crippen MR) is 102 cm³/mol. The highest BCUT2D eigenvalue weighted by atomic mass is 35.5. The van der Waals surface area contributed by atoms with Gasteiger partial charge in [-0.3, -0.25) is 14.3 Å². The number of nitrogens with one attached hydrogen (secondary N) is 1. The molecule has 0 aliphatic carbocycles. The van der Waals surface area contributed by atoms with Crippen LogP contribution in [-0.4, -0.2) is 35.2 Å². The molecule has 1 aromatic carbocycles. The number of nitrogens with zero attached hydrogens (tertiary/aromatic N) is 2. The summed E-state index contributed by atoms with van der Waals surface area (Å²) in [6, 6.07) is 5.85. The molecule has 0 atom stereocenters. The van der Waals surface area contributed by atoms with Crippen LogP contribution in [0.15, 0.2) is 46.2 Å². The number of Topliss-reactive ketones (excluding diaryl/α,β-unsaturated/α-hetero) is 1. The molecule has 11 heteroatoms. The fourth-order valence-electron chi connectivity index (χ4n) is 2.20. The Morgan fingerprint density at radius 3 is 2.59 bits per heavy atom. The first-order chi connectivity index (χ1) is 12.8. The van der Waals surface area contributed by atoms with E-state index in [0.717, 1.165) is 18.0 Å². The summed E-state index contributed by atoms with van der Waals surface area (Å²) in [7, 11) is -4.03. The average Bonchev–Trinajstić information content (AvgIpc) is 3.10. The molecule has 8 nitrogen and oxygen atoms in total. The van der Waals surface area contributed by atoms with E-state index in [1.165, 1.54) is 37.4 Å². The fraction of sp³-hybridized carbons (Fsp3) is 0.125. The lowest BCUT2D eigenvalue weighted by Crippen LogP contribution is -2.15. The van der Waals surface area contributed by atoms with Gasteiger partial charge in [0.1, 0.15) is 5.02 Å². The molecule has 0 saturated heterocycles. The van der Waals surface area contributed by atoms with Gasteiger partial charge in [0.15, 0.2) is 21.5 Å². The Morgan fingerprint density at radius 2 is 1.93 bits per heavy atom. The first-order valence-electron chi connectivity index (χ1n) is 7.46. The summed E-state index contributed by atoms with van der Waals surface area (Å²) >= 11 is 6.82. The quantitative estimate of drug-likeness (QED) is 0.598. The van der Waals surface area contributed by atoms with Crippen molar-refractivity contribution in [1.82, 2.24) is 10.1 Å². The molecule has 0 saturated carbocycles. The molecule has 0 fully saturated rings. The van der Waals surface area contributed by atoms with E-state index in [0.29, 0.717) is 5.56 Å². The monoisotopic (exact) mass is 425 g/mol. The minimum absolute atomic E-state index is 0.0283. The second kappa shape index (κ2) is 7.67. The third-order valence-corrected chi connectivity index (χ3v) is 5.85. The molecule has 3 aromatic rings. The van der Waals surface area contributed by atoms with Crippen molar-refractivity contribution in [2.75, 3.05) is 10.5 Å². The Kier molecular flexibility index (Phi) is 5.49. The van der Waals surface area contributed by atoms with Crippen molar-refractivity contribution in [3.8, 4) is 0 Å². The largest absolute Gasteiger partial charge is 0.355 e. The molecule has 0 spiro atoms. The highest BCUT2D eigenvalue weighted by Gasteiger charge is 2.23. The highest BCUT2D eigenvalue weighted by molar-refractivity contribution is 8.14. The van der Waals surface area contributed by atoms with Crippen molar-refractivity contribution in [3.05, 3.63) is 47.2 Å². The maximum atomic E-state index is 12.6. The second-order valence-electron chi connectivity index (χ2n) is 5.37. The molecular formula is C16H12ClN3O5S2. The number of aromatic nitrogens is 2. The van der Waals surface area contributed by atoms with Crippen molar-refractivity contribution in [3.63, 3.8) is 0 Å². The minimum Gasteiger partial charge on any atom is -0.355 e. The van der Waals surface area contributed by atoms with Gasteiger partial charge in [-0.1, -0.05) is 28.5 Å². The molecule has 3 rings (SSSR count). The normalized spacial score (nSPS) is 11.5. The maximum absolute atomic E-state index is 12.6. The van der Waals surface area contributed by atoms with Crippen LogP contribution in [0.25, 0.3) is 11.0 Å². The fourth-order valence-corrected chi connectivity index (χ4v) is 4.06. The molecule has 0 aliphatic heterocycles. The molecule has 0 unspecified atom stereocenters. The third-order valence-electron chi connectivity index (χ3n) is 3.43. The summed E-state index contributed by atoms with van der Waals surface area (Å²) in [5, 5.41) is 3.42. The van der Waals surface area contributed by atoms with Gasteiger partial charge in [0.05, 0.1) is 23.5 Å². The van der Waals surface area contributed by atoms with Crippen LogP contribution in [0, 0.1) is 0 Å². The van der Waals surface area contributed by atoms with Crippen LogP contribution in [0.3, 0.4) is 0 Å². The van der Waals surface area contributed by atoms with E-state index in [2.05, 4.69) is 14.9 Å². The van der Waals surface area contributed by atoms with E-state index in [9.17, 15) is 18.0 Å². The van der Waals surface area contributed by atoms with E-state index in [1.807, 2.05) is 0 Å². The van der Waals surface area contributed by atoms with Crippen LogP contribution in [0.1, 0.15) is 17.3 Å². The molecule has 27 heavy (non-hydrogen) atoms. The van der Waals surface area contributed by atoms with Crippen LogP contribution in [0.5, 0.6) is 0 Å². The molecular weight excluding hydrogens is 414 g/mol. The van der Waals surface area contributed by atoms with Crippen LogP contribution in [0.2, 0.25) is 5.02 Å². The lowest BCUT2D eigenvalue weighted by atomic mass is 10.1. The summed E-state index contributed by atoms with van der Waals surface area (Å²) in [6.45, 7) is 1.38. The summed E-state index contributed by atoms with van der Waals surface area (Å²) < 4.78 is 32.6. The molecule has 2 aromatic heterocycles. The zero-order valence-corrected chi connectivity index (χ0v) is 16.2. The molecule has 0 radical (unpaired) electrons. The second-order valence-corrected chi connectivity index (χ2v) is 8.52. The van der Waals surface area contributed by atoms with E-state index < -0.39 is 10.0 Å². The Labute approximate surface area is 163 Å². The van der Waals surface area contributed by atoms with Crippen molar-refractivity contribution in [1.29, 1.82) is 0 Å². The van der Waals surface area contributed by atoms with Crippen molar-refractivity contribution in [2.45, 2.75) is 11.9 Å². The molecule has 140 valence electrons. The highest BCUT2D eigenvalue weighted by Crippen LogP contribution is 2.28. The third kappa shape index (κ3) is 4.29. The van der Waals surface area contributed by atoms with Crippen LogP contribution < -0.4 is 4.72 Å². The number of benzene rings is 1. The number of carbonyl (C=O) groups excluding carboxylic acids is 2. The number of carbonyl (C=O) groups is 2. The number of rotatable bonds is 6. The van der Waals surface area contributed by atoms with Crippen molar-refractivity contribution >= 4 is 60.9 Å². The maximum Gasteiger partial charge on any atom is 0.280 e. The average molecular weight is 426 g/mol. The predicted octanol–water partition coefficient (Wildman–Crippen LogP) is 3.14. The van der Waals surface area contributed by atoms with Gasteiger partial charge in [-0.25, -0.2) is 4.98 Å². The number of thioether (sulfide) groups is 1. The van der Waals surface area contributed by atoms with Crippen molar-refractivity contribution in [2.24, 2.45) is 0 Å². The van der Waals surface area contributed by atoms with Crippen LogP contribution >= 0.6 is 23.4 Å². The molecule has 0 bridgehead atoms. The number of ketones is 1. The SMILES string of the molecule is CC(=O)SCC(=O)c1ccc(NS(=O)(=O)c2ncc(Cl)c3oncc23)cc1. The lowest BCUT2D eigenvalue weighted by Gasteiger charge is -2.09. The summed E-state index contributed by atoms with van der Waals surface area (Å²) in [6.07, 6.45) is 2.38. The number of anilines is 1. The van der Waals surface area contributed by atoms with Gasteiger partial charge in [0, 0.05) is 18.2 Å². The first kappa shape index (κ1) is 19.3. The summed E-state index contributed by atoms with van der Waals surface area (Å²) in [5.74, 6) is -0.198. The smallest absolute Gasteiger partial charge is 0.280 e. The standard InChI is InChI=1S/C16H12ClN3O5S2/c1-9(21)26-8-14(22)10-2-4-11(5-3-10)20-27(23,24)16-12-6-19-25-15(12)13(17)7-18-16/h2-7,20H,8H2,1H3. The molecule has 0 aliphatic rings. The number of hydrogen-bond donors (Lipinski definition) is 1. The number of sulfonamides is 1. The van der Waals surface area contributed by atoms with E-state index in [-0.39, 0.29) is 43.4 Å². The van der Waals surface area contributed by atoms with E-state index in [1.54, 1.807) is 0 Å². The van der Waals surface area contributed by atoms with Gasteiger partial charge in [0.2, 0.25) is 0 Å². The van der Waals surface area contributed by atoms with Gasteiger partial charge >= 0.3 is 0 Å². The zero-order chi connectivity index (χ0) is 19.6. The van der Waals surface area contributed by atoms with Crippen LogP contribution in [-0.2, 0) is 14.8 Å². The molecule has 0 amide bonds. The Morgan fingerprint density at radius 1 is 1.22 bits per heavy atom. The first-order valence-corrected chi connectivity index (χ1v) is 10.3. The van der Waals surface area contributed by atoms with Gasteiger partial charge in [-0.05, 0) is 24.3 Å². The van der Waals surface area contributed by atoms with Gasteiger partial charge in [-0.15, -0.1) is 0 Å². The number of halogens is 1. The number of fused-ring (bicyclic) bond motifs is 1.